The number of halogens is 6. The van der Waals surface area contributed by atoms with Gasteiger partial charge in [-0.25, -0.2) is 9.97 Å². The summed E-state index contributed by atoms with van der Waals surface area (Å²) in [4.78, 5) is 11.6. The monoisotopic (exact) mass is 419 g/mol. The van der Waals surface area contributed by atoms with Crippen LogP contribution in [-0.4, -0.2) is 32.4 Å². The third-order valence-electron chi connectivity index (χ3n) is 3.66. The van der Waals surface area contributed by atoms with E-state index in [9.17, 15) is 26.3 Å². The molecule has 3 aromatic rings. The minimum absolute atomic E-state index is 0.0271. The van der Waals surface area contributed by atoms with E-state index < -0.39 is 29.8 Å². The van der Waals surface area contributed by atoms with E-state index in [1.165, 1.54) is 12.4 Å². The molecule has 2 aromatic heterocycles. The minimum Gasteiger partial charge on any atom is -0.481 e. The average molecular weight is 419 g/mol. The summed E-state index contributed by atoms with van der Waals surface area (Å²) in [6.45, 7) is 0.601. The van der Waals surface area contributed by atoms with Crippen molar-refractivity contribution in [3.8, 4) is 28.7 Å². The zero-order valence-electron chi connectivity index (χ0n) is 14.4. The molecule has 0 aliphatic heterocycles. The van der Waals surface area contributed by atoms with Gasteiger partial charge in [-0.15, -0.1) is 0 Å². The number of nitrogens with two attached hydrogens (primary N) is 1. The molecule has 0 fully saturated rings. The highest BCUT2D eigenvalue weighted by Crippen LogP contribution is 2.40. The second-order valence-corrected chi connectivity index (χ2v) is 5.72. The number of ether oxygens (including phenoxy) is 1. The lowest BCUT2D eigenvalue weighted by Crippen LogP contribution is -2.31. The minimum atomic E-state index is -4.99. The Hall–Kier alpha value is -3.38. The van der Waals surface area contributed by atoms with Crippen LogP contribution in [0.4, 0.5) is 32.2 Å². The summed E-state index contributed by atoms with van der Waals surface area (Å²) in [7, 11) is 0. The van der Waals surface area contributed by atoms with Crippen LogP contribution < -0.4 is 10.5 Å². The summed E-state index contributed by atoms with van der Waals surface area (Å²) < 4.78 is 87.4. The molecule has 154 valence electrons. The first-order valence-corrected chi connectivity index (χ1v) is 7.82. The van der Waals surface area contributed by atoms with Crippen LogP contribution in [0.15, 0.2) is 35.1 Å². The lowest BCUT2D eigenvalue weighted by atomic mass is 10.1. The van der Waals surface area contributed by atoms with Gasteiger partial charge in [0.15, 0.2) is 17.6 Å². The van der Waals surface area contributed by atoms with Crippen molar-refractivity contribution in [3.05, 3.63) is 36.2 Å². The van der Waals surface area contributed by atoms with Crippen molar-refractivity contribution in [3.63, 3.8) is 0 Å². The van der Waals surface area contributed by atoms with Gasteiger partial charge in [-0.3, -0.25) is 0 Å². The predicted molar refractivity (Wildman–Crippen MR) is 86.3 cm³/mol. The standard InChI is InChI=1S/C16H11F6N5O2/c1-7(15(17,18)19)28-10-3-2-8(6-9(10)16(20,21)22)14-26-13(27-29-14)11-12(23)25-5-4-24-11/h2-7H,1H3,(H2,23,25). The number of hydrogen-bond acceptors (Lipinski definition) is 7. The van der Waals surface area contributed by atoms with E-state index in [1.807, 2.05) is 0 Å². The van der Waals surface area contributed by atoms with Gasteiger partial charge in [0.05, 0.1) is 5.56 Å². The first-order valence-electron chi connectivity index (χ1n) is 7.82. The quantitative estimate of drug-likeness (QED) is 0.635. The molecule has 0 aliphatic carbocycles. The van der Waals surface area contributed by atoms with Crippen molar-refractivity contribution in [2.24, 2.45) is 0 Å². The molecule has 3 rings (SSSR count). The first kappa shape index (κ1) is 20.4. The molecule has 1 atom stereocenters. The smallest absolute Gasteiger partial charge is 0.425 e. The van der Waals surface area contributed by atoms with Crippen LogP contribution in [0, 0.1) is 0 Å². The van der Waals surface area contributed by atoms with Gasteiger partial charge >= 0.3 is 12.4 Å². The summed E-state index contributed by atoms with van der Waals surface area (Å²) in [5.74, 6) is -1.46. The van der Waals surface area contributed by atoms with Gasteiger partial charge in [0, 0.05) is 18.0 Å². The van der Waals surface area contributed by atoms with Gasteiger partial charge in [-0.1, -0.05) is 5.16 Å². The van der Waals surface area contributed by atoms with Gasteiger partial charge in [0.25, 0.3) is 5.89 Å². The van der Waals surface area contributed by atoms with Crippen LogP contribution in [0.3, 0.4) is 0 Å². The van der Waals surface area contributed by atoms with E-state index in [1.54, 1.807) is 0 Å². The molecule has 7 nitrogen and oxygen atoms in total. The normalized spacial score (nSPS) is 13.3. The molecule has 2 heterocycles. The zero-order valence-corrected chi connectivity index (χ0v) is 14.4. The third-order valence-corrected chi connectivity index (χ3v) is 3.66. The van der Waals surface area contributed by atoms with Crippen molar-refractivity contribution in [1.29, 1.82) is 0 Å². The maximum Gasteiger partial charge on any atom is 0.425 e. The van der Waals surface area contributed by atoms with E-state index in [4.69, 9.17) is 10.3 Å². The topological polar surface area (TPSA) is 100.0 Å². The summed E-state index contributed by atoms with van der Waals surface area (Å²) in [6.07, 6.45) is -9.65. The van der Waals surface area contributed by atoms with Crippen molar-refractivity contribution in [2.75, 3.05) is 5.73 Å². The largest absolute Gasteiger partial charge is 0.481 e. The van der Waals surface area contributed by atoms with Gasteiger partial charge in [-0.05, 0) is 25.1 Å². The van der Waals surface area contributed by atoms with Gasteiger partial charge in [-0.2, -0.15) is 31.3 Å². The maximum absolute atomic E-state index is 13.4. The second-order valence-electron chi connectivity index (χ2n) is 5.72. The van der Waals surface area contributed by atoms with Crippen LogP contribution in [0.25, 0.3) is 23.0 Å². The van der Waals surface area contributed by atoms with E-state index >= 15 is 0 Å². The van der Waals surface area contributed by atoms with Gasteiger partial charge < -0.3 is 15.0 Å². The van der Waals surface area contributed by atoms with E-state index in [-0.39, 0.29) is 28.8 Å². The fraction of sp³-hybridized carbons (Fsp3) is 0.250. The summed E-state index contributed by atoms with van der Waals surface area (Å²) >= 11 is 0. The fourth-order valence-electron chi connectivity index (χ4n) is 2.20. The molecule has 0 aliphatic rings. The molecular formula is C16H11F6N5O2. The molecule has 0 amide bonds. The number of alkyl halides is 6. The number of rotatable bonds is 4. The van der Waals surface area contributed by atoms with E-state index in [2.05, 4.69) is 24.8 Å². The molecule has 29 heavy (non-hydrogen) atoms. The molecule has 1 aromatic carbocycles. The van der Waals surface area contributed by atoms with Gasteiger partial charge in [0.2, 0.25) is 5.82 Å². The Labute approximate surface area is 158 Å². The van der Waals surface area contributed by atoms with Crippen molar-refractivity contribution in [1.82, 2.24) is 20.1 Å². The first-order chi connectivity index (χ1) is 13.5. The van der Waals surface area contributed by atoms with Crippen LogP contribution in [-0.2, 0) is 6.18 Å². The second kappa shape index (κ2) is 7.22. The van der Waals surface area contributed by atoms with Crippen LogP contribution >= 0.6 is 0 Å². The van der Waals surface area contributed by atoms with Crippen molar-refractivity contribution >= 4 is 5.82 Å². The third kappa shape index (κ3) is 4.38. The lowest BCUT2D eigenvalue weighted by molar-refractivity contribution is -0.191. The molecular weight excluding hydrogens is 408 g/mol. The molecule has 2 N–H and O–H groups in total. The average Bonchev–Trinajstić information content (AvgIpc) is 3.10. The van der Waals surface area contributed by atoms with Crippen LogP contribution in [0.1, 0.15) is 12.5 Å². The number of benzene rings is 1. The highest BCUT2D eigenvalue weighted by atomic mass is 19.4. The lowest BCUT2D eigenvalue weighted by Gasteiger charge is -2.20. The van der Waals surface area contributed by atoms with Gasteiger partial charge in [0.1, 0.15) is 5.75 Å². The Kier molecular flexibility index (Phi) is 5.07. The molecule has 13 heteroatoms. The molecule has 0 saturated carbocycles. The summed E-state index contributed by atoms with van der Waals surface area (Å²) in [5.41, 5.74) is 4.07. The Morgan fingerprint density at radius 3 is 2.38 bits per heavy atom. The highest BCUT2D eigenvalue weighted by Gasteiger charge is 2.41. The Morgan fingerprint density at radius 1 is 1.07 bits per heavy atom. The highest BCUT2D eigenvalue weighted by molar-refractivity contribution is 5.65. The fourth-order valence-corrected chi connectivity index (χ4v) is 2.20. The Morgan fingerprint density at radius 2 is 1.76 bits per heavy atom. The van der Waals surface area contributed by atoms with Crippen LogP contribution in [0.5, 0.6) is 5.75 Å². The zero-order chi connectivity index (χ0) is 21.4. The maximum atomic E-state index is 13.4. The SMILES string of the molecule is CC(Oc1ccc(-c2nc(-c3nccnc3N)no2)cc1C(F)(F)F)C(F)(F)F. The summed E-state index contributed by atoms with van der Waals surface area (Å²) in [5, 5.41) is 3.59. The Balaban J connectivity index is 1.99. The van der Waals surface area contributed by atoms with Crippen molar-refractivity contribution < 1.29 is 35.6 Å². The molecule has 0 saturated heterocycles. The molecule has 1 unspecified atom stereocenters. The number of anilines is 1. The Bertz CT molecular complexity index is 1020. The number of nitrogen functional groups attached to an aromatic ring is 1. The van der Waals surface area contributed by atoms with E-state index in [0.29, 0.717) is 13.0 Å². The molecule has 0 bridgehead atoms. The number of aromatic nitrogens is 4. The number of nitrogens with zero attached hydrogens (tertiary/aromatic N) is 4. The van der Waals surface area contributed by atoms with Crippen molar-refractivity contribution in [2.45, 2.75) is 25.4 Å². The predicted octanol–water partition coefficient (Wildman–Crippen LogP) is 4.12. The summed E-state index contributed by atoms with van der Waals surface area (Å²) in [6, 6.07) is 2.36. The number of hydrogen-bond donors (Lipinski definition) is 1. The van der Waals surface area contributed by atoms with Crippen LogP contribution in [0.2, 0.25) is 0 Å². The van der Waals surface area contributed by atoms with E-state index in [0.717, 1.165) is 12.1 Å². The molecule has 0 spiro atoms. The molecule has 0 radical (unpaired) electrons.